The van der Waals surface area contributed by atoms with Crippen LogP contribution in [0.5, 0.6) is 0 Å². The van der Waals surface area contributed by atoms with Gasteiger partial charge in [0, 0.05) is 0 Å². The van der Waals surface area contributed by atoms with Crippen LogP contribution in [-0.2, 0) is 14.3 Å². The van der Waals surface area contributed by atoms with Crippen LogP contribution in [0.4, 0.5) is 0 Å². The Bertz CT molecular complexity index is 626. The van der Waals surface area contributed by atoms with Crippen LogP contribution in [0.15, 0.2) is 40.5 Å². The fraction of sp³-hybridized carbons (Fsp3) is 0.333. The average Bonchev–Trinajstić information content (AvgIpc) is 2.92. The second-order valence-electron chi connectivity index (χ2n) is 4.68. The summed E-state index contributed by atoms with van der Waals surface area (Å²) in [7, 11) is 0. The van der Waals surface area contributed by atoms with E-state index in [-0.39, 0.29) is 5.97 Å². The van der Waals surface area contributed by atoms with Crippen molar-refractivity contribution in [2.24, 2.45) is 0 Å². The van der Waals surface area contributed by atoms with Gasteiger partial charge in [0.2, 0.25) is 5.89 Å². The van der Waals surface area contributed by atoms with Crippen molar-refractivity contribution in [3.8, 4) is 0 Å². The number of carbonyl (C=O) groups is 1. The second kappa shape index (κ2) is 5.36. The lowest BCUT2D eigenvalue weighted by molar-refractivity contribution is -0.145. The SMILES string of the molecule is C[C@H](OC(=O)C1=COCCC1)c1nc2ccccc2o1. The molecule has 0 aliphatic carbocycles. The number of fused-ring (bicyclic) bond motifs is 1. The van der Waals surface area contributed by atoms with E-state index in [4.69, 9.17) is 13.9 Å². The van der Waals surface area contributed by atoms with Gasteiger partial charge in [0.1, 0.15) is 5.52 Å². The molecule has 5 heteroatoms. The predicted octanol–water partition coefficient (Wildman–Crippen LogP) is 3.13. The van der Waals surface area contributed by atoms with E-state index in [9.17, 15) is 4.79 Å². The van der Waals surface area contributed by atoms with Gasteiger partial charge in [-0.3, -0.25) is 0 Å². The first-order valence-corrected chi connectivity index (χ1v) is 6.61. The Labute approximate surface area is 116 Å². The van der Waals surface area contributed by atoms with Gasteiger partial charge in [0.15, 0.2) is 11.7 Å². The molecule has 2 aromatic rings. The number of aromatic nitrogens is 1. The van der Waals surface area contributed by atoms with Crippen LogP contribution < -0.4 is 0 Å². The molecule has 0 unspecified atom stereocenters. The van der Waals surface area contributed by atoms with E-state index >= 15 is 0 Å². The first-order valence-electron chi connectivity index (χ1n) is 6.61. The van der Waals surface area contributed by atoms with Crippen LogP contribution >= 0.6 is 0 Å². The third kappa shape index (κ3) is 2.52. The highest BCUT2D eigenvalue weighted by Gasteiger charge is 2.21. The Balaban J connectivity index is 1.73. The number of esters is 1. The summed E-state index contributed by atoms with van der Waals surface area (Å²) in [4.78, 5) is 16.3. The van der Waals surface area contributed by atoms with Gasteiger partial charge in [-0.25, -0.2) is 9.78 Å². The lowest BCUT2D eigenvalue weighted by atomic mass is 10.1. The normalized spacial score (nSPS) is 16.4. The van der Waals surface area contributed by atoms with E-state index < -0.39 is 6.10 Å². The van der Waals surface area contributed by atoms with Crippen molar-refractivity contribution in [2.45, 2.75) is 25.9 Å². The third-order valence-corrected chi connectivity index (χ3v) is 3.14. The Morgan fingerprint density at radius 2 is 2.25 bits per heavy atom. The van der Waals surface area contributed by atoms with Crippen LogP contribution in [0.2, 0.25) is 0 Å². The van der Waals surface area contributed by atoms with Gasteiger partial charge in [-0.15, -0.1) is 0 Å². The molecule has 1 aromatic carbocycles. The molecule has 1 aromatic heterocycles. The molecule has 104 valence electrons. The van der Waals surface area contributed by atoms with E-state index in [0.717, 1.165) is 11.9 Å². The molecule has 5 nitrogen and oxygen atoms in total. The van der Waals surface area contributed by atoms with Crippen molar-refractivity contribution >= 4 is 17.1 Å². The molecule has 0 saturated heterocycles. The monoisotopic (exact) mass is 273 g/mol. The number of ether oxygens (including phenoxy) is 2. The van der Waals surface area contributed by atoms with E-state index in [1.807, 2.05) is 24.3 Å². The zero-order chi connectivity index (χ0) is 13.9. The minimum Gasteiger partial charge on any atom is -0.501 e. The van der Waals surface area contributed by atoms with Crippen LogP contribution in [0.3, 0.4) is 0 Å². The van der Waals surface area contributed by atoms with Gasteiger partial charge in [-0.2, -0.15) is 0 Å². The lowest BCUT2D eigenvalue weighted by Gasteiger charge is -2.15. The number of nitrogens with zero attached hydrogens (tertiary/aromatic N) is 1. The Morgan fingerprint density at radius 1 is 1.40 bits per heavy atom. The number of para-hydroxylation sites is 2. The van der Waals surface area contributed by atoms with Gasteiger partial charge in [-0.05, 0) is 31.9 Å². The molecule has 1 atom stereocenters. The second-order valence-corrected chi connectivity index (χ2v) is 4.68. The molecular weight excluding hydrogens is 258 g/mol. The first-order chi connectivity index (χ1) is 9.74. The molecule has 1 aliphatic rings. The highest BCUT2D eigenvalue weighted by atomic mass is 16.6. The summed E-state index contributed by atoms with van der Waals surface area (Å²) in [6.45, 7) is 2.39. The van der Waals surface area contributed by atoms with Crippen molar-refractivity contribution in [1.29, 1.82) is 0 Å². The average molecular weight is 273 g/mol. The summed E-state index contributed by atoms with van der Waals surface area (Å²) < 4.78 is 16.1. The zero-order valence-electron chi connectivity index (χ0n) is 11.2. The standard InChI is InChI=1S/C15H15NO4/c1-10(19-15(17)11-5-4-8-18-9-11)14-16-12-6-2-3-7-13(12)20-14/h2-3,6-7,9-10H,4-5,8H2,1H3/t10-/m0/s1. The largest absolute Gasteiger partial charge is 0.501 e. The lowest BCUT2D eigenvalue weighted by Crippen LogP contribution is -2.14. The molecule has 0 amide bonds. The molecule has 20 heavy (non-hydrogen) atoms. The van der Waals surface area contributed by atoms with E-state index in [1.54, 1.807) is 6.92 Å². The van der Waals surface area contributed by atoms with Crippen LogP contribution in [0.25, 0.3) is 11.1 Å². The molecule has 0 radical (unpaired) electrons. The van der Waals surface area contributed by atoms with Crippen LogP contribution in [0.1, 0.15) is 31.8 Å². The fourth-order valence-corrected chi connectivity index (χ4v) is 2.07. The number of benzene rings is 1. The van der Waals surface area contributed by atoms with E-state index in [0.29, 0.717) is 30.1 Å². The van der Waals surface area contributed by atoms with Gasteiger partial charge < -0.3 is 13.9 Å². The van der Waals surface area contributed by atoms with Gasteiger partial charge >= 0.3 is 5.97 Å². The maximum absolute atomic E-state index is 12.0. The molecule has 0 fully saturated rings. The number of carbonyl (C=O) groups excluding carboxylic acids is 1. The van der Waals surface area contributed by atoms with Gasteiger partial charge in [0.05, 0.1) is 18.4 Å². The smallest absolute Gasteiger partial charge is 0.337 e. The summed E-state index contributed by atoms with van der Waals surface area (Å²) in [5, 5.41) is 0. The third-order valence-electron chi connectivity index (χ3n) is 3.14. The predicted molar refractivity (Wildman–Crippen MR) is 71.8 cm³/mol. The summed E-state index contributed by atoms with van der Waals surface area (Å²) in [6, 6.07) is 7.44. The molecule has 0 saturated carbocycles. The van der Waals surface area contributed by atoms with E-state index in [2.05, 4.69) is 4.98 Å². The van der Waals surface area contributed by atoms with Gasteiger partial charge in [-0.1, -0.05) is 12.1 Å². The van der Waals surface area contributed by atoms with Crippen molar-refractivity contribution in [3.05, 3.63) is 42.0 Å². The number of rotatable bonds is 3. The maximum atomic E-state index is 12.0. The molecule has 0 N–H and O–H groups in total. The quantitative estimate of drug-likeness (QED) is 0.804. The molecule has 1 aliphatic heterocycles. The minimum atomic E-state index is -0.530. The molecule has 0 spiro atoms. The van der Waals surface area contributed by atoms with Crippen molar-refractivity contribution < 1.29 is 18.7 Å². The maximum Gasteiger partial charge on any atom is 0.337 e. The van der Waals surface area contributed by atoms with Crippen molar-refractivity contribution in [3.63, 3.8) is 0 Å². The minimum absolute atomic E-state index is 0.376. The number of oxazole rings is 1. The van der Waals surface area contributed by atoms with Gasteiger partial charge in [0.25, 0.3) is 0 Å². The van der Waals surface area contributed by atoms with Crippen LogP contribution in [0, 0.1) is 0 Å². The van der Waals surface area contributed by atoms with Crippen molar-refractivity contribution in [2.75, 3.05) is 6.61 Å². The Hall–Kier alpha value is -2.30. The number of hydrogen-bond donors (Lipinski definition) is 0. The fourth-order valence-electron chi connectivity index (χ4n) is 2.07. The zero-order valence-corrected chi connectivity index (χ0v) is 11.2. The Morgan fingerprint density at radius 3 is 3.00 bits per heavy atom. The summed E-state index contributed by atoms with van der Waals surface area (Å²) in [5.74, 6) is 0.0244. The van der Waals surface area contributed by atoms with E-state index in [1.165, 1.54) is 6.26 Å². The highest BCUT2D eigenvalue weighted by molar-refractivity contribution is 5.88. The summed E-state index contributed by atoms with van der Waals surface area (Å²) >= 11 is 0. The Kier molecular flexibility index (Phi) is 3.41. The summed E-state index contributed by atoms with van der Waals surface area (Å²) in [6.07, 6.45) is 2.46. The van der Waals surface area contributed by atoms with Crippen molar-refractivity contribution in [1.82, 2.24) is 4.98 Å². The first kappa shape index (κ1) is 12.7. The summed E-state index contributed by atoms with van der Waals surface area (Å²) in [5.41, 5.74) is 2.00. The number of hydrogen-bond acceptors (Lipinski definition) is 5. The molecular formula is C15H15NO4. The molecule has 2 heterocycles. The van der Waals surface area contributed by atoms with Crippen LogP contribution in [-0.4, -0.2) is 17.6 Å². The molecule has 0 bridgehead atoms. The topological polar surface area (TPSA) is 61.6 Å². The molecule has 3 rings (SSSR count). The highest BCUT2D eigenvalue weighted by Crippen LogP contribution is 2.24.